The van der Waals surface area contributed by atoms with Crippen LogP contribution in [0.5, 0.6) is 0 Å². The lowest BCUT2D eigenvalue weighted by Crippen LogP contribution is -2.23. The summed E-state index contributed by atoms with van der Waals surface area (Å²) >= 11 is 0. The maximum atomic E-state index is 12.1. The number of rotatable bonds is 4. The number of benzene rings is 1. The lowest BCUT2D eigenvalue weighted by atomic mass is 10.0. The number of ether oxygens (including phenoxy) is 2. The first-order chi connectivity index (χ1) is 9.63. The maximum absolute atomic E-state index is 12.1. The fourth-order valence-electron chi connectivity index (χ4n) is 2.64. The summed E-state index contributed by atoms with van der Waals surface area (Å²) in [6.45, 7) is 1.83. The van der Waals surface area contributed by atoms with Gasteiger partial charge in [-0.3, -0.25) is 9.59 Å². The van der Waals surface area contributed by atoms with Crippen molar-refractivity contribution in [2.75, 3.05) is 13.7 Å². The van der Waals surface area contributed by atoms with Crippen LogP contribution in [-0.2, 0) is 19.1 Å². The molecule has 5 heteroatoms. The summed E-state index contributed by atoms with van der Waals surface area (Å²) in [6, 6.07) is 11.0. The molecule has 1 fully saturated rings. The standard InChI is InChI=1S/C15H15NO4/c1-3-20-14(18)15(9-16)11(12(15)13(17)19-2)10-7-5-4-6-8-10/h4-8,11-12H,3H2,1-2H3/t11-,12+,15+/m1/s1. The maximum Gasteiger partial charge on any atom is 0.328 e. The zero-order chi connectivity index (χ0) is 14.8. The Hall–Kier alpha value is -2.35. The van der Waals surface area contributed by atoms with E-state index in [0.717, 1.165) is 5.56 Å². The molecule has 0 heterocycles. The fraction of sp³-hybridized carbons (Fsp3) is 0.400. The van der Waals surface area contributed by atoms with Gasteiger partial charge in [0.15, 0.2) is 5.41 Å². The summed E-state index contributed by atoms with van der Waals surface area (Å²) in [4.78, 5) is 24.0. The van der Waals surface area contributed by atoms with Gasteiger partial charge in [-0.2, -0.15) is 5.26 Å². The molecule has 0 N–H and O–H groups in total. The van der Waals surface area contributed by atoms with Crippen LogP contribution in [0.4, 0.5) is 0 Å². The Balaban J connectivity index is 2.41. The molecule has 0 spiro atoms. The van der Waals surface area contributed by atoms with Gasteiger partial charge in [0.25, 0.3) is 0 Å². The average molecular weight is 273 g/mol. The van der Waals surface area contributed by atoms with Crippen LogP contribution in [0.2, 0.25) is 0 Å². The van der Waals surface area contributed by atoms with Crippen LogP contribution in [0.1, 0.15) is 18.4 Å². The molecule has 0 aromatic heterocycles. The van der Waals surface area contributed by atoms with Crippen molar-refractivity contribution in [3.05, 3.63) is 35.9 Å². The van der Waals surface area contributed by atoms with E-state index in [1.165, 1.54) is 7.11 Å². The summed E-state index contributed by atoms with van der Waals surface area (Å²) in [5.74, 6) is -2.54. The summed E-state index contributed by atoms with van der Waals surface area (Å²) in [5, 5.41) is 9.44. The molecule has 20 heavy (non-hydrogen) atoms. The van der Waals surface area contributed by atoms with Gasteiger partial charge >= 0.3 is 11.9 Å². The highest BCUT2D eigenvalue weighted by Gasteiger charge is 2.76. The molecular weight excluding hydrogens is 258 g/mol. The molecule has 0 aliphatic heterocycles. The first kappa shape index (κ1) is 14.1. The third-order valence-corrected chi connectivity index (χ3v) is 3.62. The predicted octanol–water partition coefficient (Wildman–Crippen LogP) is 1.65. The minimum atomic E-state index is -1.47. The van der Waals surface area contributed by atoms with Crippen LogP contribution >= 0.6 is 0 Å². The number of hydrogen-bond acceptors (Lipinski definition) is 5. The van der Waals surface area contributed by atoms with E-state index in [1.807, 2.05) is 12.1 Å². The number of carbonyl (C=O) groups excluding carboxylic acids is 2. The van der Waals surface area contributed by atoms with Gasteiger partial charge in [-0.1, -0.05) is 30.3 Å². The van der Waals surface area contributed by atoms with E-state index in [-0.39, 0.29) is 6.61 Å². The SMILES string of the molecule is CCOC(=O)[C@]1(C#N)[C@H](C(=O)OC)[C@H]1c1ccccc1. The van der Waals surface area contributed by atoms with Crippen molar-refractivity contribution in [3.8, 4) is 6.07 Å². The Kier molecular flexibility index (Phi) is 3.75. The Labute approximate surface area is 117 Å². The van der Waals surface area contributed by atoms with E-state index in [0.29, 0.717) is 0 Å². The van der Waals surface area contributed by atoms with Crippen LogP contribution in [0, 0.1) is 22.7 Å². The Bertz CT molecular complexity index is 563. The second-order valence-electron chi connectivity index (χ2n) is 4.59. The molecule has 0 amide bonds. The van der Waals surface area contributed by atoms with Gasteiger partial charge in [0.2, 0.25) is 0 Å². The third kappa shape index (κ3) is 1.94. The molecule has 1 aliphatic rings. The van der Waals surface area contributed by atoms with Crippen molar-refractivity contribution < 1.29 is 19.1 Å². The lowest BCUT2D eigenvalue weighted by Gasteiger charge is -2.07. The second-order valence-corrected chi connectivity index (χ2v) is 4.59. The van der Waals surface area contributed by atoms with Gasteiger partial charge < -0.3 is 9.47 Å². The van der Waals surface area contributed by atoms with E-state index in [1.54, 1.807) is 31.2 Å². The van der Waals surface area contributed by atoms with Crippen molar-refractivity contribution in [1.82, 2.24) is 0 Å². The summed E-state index contributed by atoms with van der Waals surface area (Å²) in [7, 11) is 1.25. The number of nitrogens with zero attached hydrogens (tertiary/aromatic N) is 1. The van der Waals surface area contributed by atoms with Crippen molar-refractivity contribution in [2.45, 2.75) is 12.8 Å². The van der Waals surface area contributed by atoms with E-state index in [9.17, 15) is 14.9 Å². The summed E-state index contributed by atoms with van der Waals surface area (Å²) in [6.07, 6.45) is 0. The monoisotopic (exact) mass is 273 g/mol. The second kappa shape index (κ2) is 5.33. The average Bonchev–Trinajstić information content (AvgIpc) is 3.18. The van der Waals surface area contributed by atoms with Crippen molar-refractivity contribution in [3.63, 3.8) is 0 Å². The van der Waals surface area contributed by atoms with Crippen LogP contribution in [0.15, 0.2) is 30.3 Å². The summed E-state index contributed by atoms with van der Waals surface area (Å²) in [5.41, 5.74) is -0.706. The van der Waals surface area contributed by atoms with Crippen molar-refractivity contribution in [1.29, 1.82) is 5.26 Å². The minimum Gasteiger partial charge on any atom is -0.469 e. The predicted molar refractivity (Wildman–Crippen MR) is 69.4 cm³/mol. The molecule has 0 bridgehead atoms. The van der Waals surface area contributed by atoms with E-state index >= 15 is 0 Å². The molecule has 0 radical (unpaired) electrons. The molecular formula is C15H15NO4. The fourth-order valence-corrected chi connectivity index (χ4v) is 2.64. The highest BCUT2D eigenvalue weighted by Crippen LogP contribution is 2.65. The van der Waals surface area contributed by atoms with Gasteiger partial charge in [-0.15, -0.1) is 0 Å². The van der Waals surface area contributed by atoms with E-state index in [2.05, 4.69) is 0 Å². The molecule has 104 valence electrons. The first-order valence-corrected chi connectivity index (χ1v) is 6.34. The number of methoxy groups -OCH3 is 1. The molecule has 0 unspecified atom stereocenters. The van der Waals surface area contributed by atoms with Crippen LogP contribution < -0.4 is 0 Å². The summed E-state index contributed by atoms with van der Waals surface area (Å²) < 4.78 is 9.68. The van der Waals surface area contributed by atoms with Gasteiger partial charge in [0.05, 0.1) is 25.7 Å². The molecule has 0 saturated heterocycles. The van der Waals surface area contributed by atoms with Gasteiger partial charge in [0.1, 0.15) is 0 Å². The molecule has 1 aromatic carbocycles. The largest absolute Gasteiger partial charge is 0.469 e. The lowest BCUT2D eigenvalue weighted by molar-refractivity contribution is -0.152. The van der Waals surface area contributed by atoms with Crippen LogP contribution in [0.25, 0.3) is 0 Å². The van der Waals surface area contributed by atoms with Gasteiger partial charge in [-0.05, 0) is 12.5 Å². The quantitative estimate of drug-likeness (QED) is 0.779. The van der Waals surface area contributed by atoms with Crippen molar-refractivity contribution >= 4 is 11.9 Å². The molecule has 2 rings (SSSR count). The van der Waals surface area contributed by atoms with Gasteiger partial charge in [-0.25, -0.2) is 0 Å². The van der Waals surface area contributed by atoms with Gasteiger partial charge in [0, 0.05) is 5.92 Å². The van der Waals surface area contributed by atoms with E-state index in [4.69, 9.17) is 9.47 Å². The Morgan fingerprint density at radius 1 is 1.35 bits per heavy atom. The highest BCUT2D eigenvalue weighted by atomic mass is 16.5. The zero-order valence-electron chi connectivity index (χ0n) is 11.3. The van der Waals surface area contributed by atoms with Crippen LogP contribution in [-0.4, -0.2) is 25.7 Å². The Morgan fingerprint density at radius 2 is 2.00 bits per heavy atom. The topological polar surface area (TPSA) is 76.4 Å². The number of nitriles is 1. The molecule has 1 aromatic rings. The van der Waals surface area contributed by atoms with Crippen LogP contribution in [0.3, 0.4) is 0 Å². The number of hydrogen-bond donors (Lipinski definition) is 0. The normalized spacial score (nSPS) is 27.2. The molecule has 1 saturated carbocycles. The minimum absolute atomic E-state index is 0.164. The van der Waals surface area contributed by atoms with Crippen molar-refractivity contribution in [2.24, 2.45) is 11.3 Å². The molecule has 3 atom stereocenters. The van der Waals surface area contributed by atoms with E-state index < -0.39 is 29.2 Å². The smallest absolute Gasteiger partial charge is 0.328 e. The number of esters is 2. The molecule has 1 aliphatic carbocycles. The first-order valence-electron chi connectivity index (χ1n) is 6.34. The Morgan fingerprint density at radius 3 is 2.50 bits per heavy atom. The highest BCUT2D eigenvalue weighted by molar-refractivity contribution is 5.96. The number of carbonyl (C=O) groups is 2. The third-order valence-electron chi connectivity index (χ3n) is 3.62. The zero-order valence-corrected chi connectivity index (χ0v) is 11.3. The molecule has 5 nitrogen and oxygen atoms in total.